The molecule has 2 saturated carbocycles. The van der Waals surface area contributed by atoms with E-state index in [0.29, 0.717) is 11.1 Å². The van der Waals surface area contributed by atoms with E-state index in [9.17, 15) is 30.3 Å². The monoisotopic (exact) mass is 623 g/mol. The molecule has 0 aromatic carbocycles. The molecule has 1 saturated heterocycles. The van der Waals surface area contributed by atoms with Crippen LogP contribution in [0.15, 0.2) is 11.1 Å². The standard InChI is InChI=1S/C21H32O7.Ac/c1-9-11(22)7-21(27)10(2)16-19(5,12(23)6-13-20(16,26)8-28-13)17(25)15(24)14(9)18(21,3)4;/h10-13,15-16,22-24,26-27H,6-8H2,1-5H3;/t10-,11-,12-,13+,15+,16-,19+,20-,21+;/m0./s1. The maximum Gasteiger partial charge on any atom is 0.174 e. The van der Waals surface area contributed by atoms with E-state index in [-0.39, 0.29) is 63.5 Å². The third-order valence-corrected chi connectivity index (χ3v) is 8.88. The van der Waals surface area contributed by atoms with Crippen LogP contribution in [-0.4, -0.2) is 73.5 Å². The number of aliphatic hydroxyl groups is 5. The number of rotatable bonds is 0. The average Bonchev–Trinajstić information content (AvgIpc) is 2.60. The van der Waals surface area contributed by atoms with E-state index < -0.39 is 64.1 Å². The summed E-state index contributed by atoms with van der Waals surface area (Å²) >= 11 is 0. The minimum Gasteiger partial charge on any atom is -0.392 e. The van der Waals surface area contributed by atoms with Crippen LogP contribution in [0.1, 0.15) is 47.5 Å². The van der Waals surface area contributed by atoms with E-state index in [1.54, 1.807) is 34.6 Å². The molecule has 0 aromatic rings. The summed E-state index contributed by atoms with van der Waals surface area (Å²) in [7, 11) is 0. The molecule has 7 nitrogen and oxygen atoms in total. The molecule has 0 unspecified atom stereocenters. The first-order valence-corrected chi connectivity index (χ1v) is 10.1. The van der Waals surface area contributed by atoms with Crippen LogP contribution in [-0.2, 0) is 9.53 Å². The van der Waals surface area contributed by atoms with Crippen molar-refractivity contribution in [3.8, 4) is 0 Å². The van der Waals surface area contributed by atoms with E-state index in [1.165, 1.54) is 0 Å². The van der Waals surface area contributed by atoms with Crippen molar-refractivity contribution in [1.82, 2.24) is 0 Å². The Morgan fingerprint density at radius 1 is 1.10 bits per heavy atom. The zero-order chi connectivity index (χ0) is 21.0. The Kier molecular flexibility index (Phi) is 5.90. The summed E-state index contributed by atoms with van der Waals surface area (Å²) in [5.41, 5.74) is -4.54. The molecule has 29 heavy (non-hydrogen) atoms. The second-order valence-electron chi connectivity index (χ2n) is 10.2. The van der Waals surface area contributed by atoms with Gasteiger partial charge in [-0.15, -0.1) is 0 Å². The molecule has 5 N–H and O–H groups in total. The molecule has 4 aliphatic rings. The van der Waals surface area contributed by atoms with Gasteiger partial charge in [-0.3, -0.25) is 4.79 Å². The summed E-state index contributed by atoms with van der Waals surface area (Å²) in [5.74, 6) is -2.05. The summed E-state index contributed by atoms with van der Waals surface area (Å²) in [6.07, 6.45) is -4.20. The number of ketones is 1. The molecule has 161 valence electrons. The summed E-state index contributed by atoms with van der Waals surface area (Å²) < 4.78 is 5.49. The average molecular weight is 623 g/mol. The van der Waals surface area contributed by atoms with E-state index in [2.05, 4.69) is 0 Å². The Morgan fingerprint density at radius 2 is 1.69 bits per heavy atom. The molecule has 0 aromatic heterocycles. The molecular formula is C21H32AcO7. The van der Waals surface area contributed by atoms with Gasteiger partial charge in [0, 0.05) is 68.2 Å². The van der Waals surface area contributed by atoms with Gasteiger partial charge < -0.3 is 30.3 Å². The third-order valence-electron chi connectivity index (χ3n) is 8.88. The van der Waals surface area contributed by atoms with Crippen LogP contribution in [0.5, 0.6) is 0 Å². The van der Waals surface area contributed by atoms with Crippen LogP contribution in [0.2, 0.25) is 0 Å². The fourth-order valence-electron chi connectivity index (χ4n) is 7.00. The van der Waals surface area contributed by atoms with Crippen molar-refractivity contribution in [2.24, 2.45) is 22.7 Å². The molecule has 1 radical (unpaired) electrons. The van der Waals surface area contributed by atoms with Gasteiger partial charge in [0.2, 0.25) is 0 Å². The molecule has 1 aliphatic heterocycles. The predicted octanol–water partition coefficient (Wildman–Crippen LogP) is -0.0785. The zero-order valence-corrected chi connectivity index (χ0v) is 22.5. The van der Waals surface area contributed by atoms with Gasteiger partial charge in [0.25, 0.3) is 0 Å². The largest absolute Gasteiger partial charge is 0.392 e. The van der Waals surface area contributed by atoms with Crippen LogP contribution in [0.4, 0.5) is 0 Å². The molecule has 8 heteroatoms. The molecule has 0 amide bonds. The second-order valence-corrected chi connectivity index (χ2v) is 10.2. The van der Waals surface area contributed by atoms with Gasteiger partial charge in [-0.25, -0.2) is 0 Å². The molecule has 9 atom stereocenters. The molecule has 4 rings (SSSR count). The van der Waals surface area contributed by atoms with Gasteiger partial charge in [0.15, 0.2) is 5.78 Å². The first-order valence-electron chi connectivity index (χ1n) is 10.1. The number of Topliss-reactive ketones (excluding diaryl/α,β-unsaturated/α-hetero) is 1. The first-order chi connectivity index (χ1) is 12.7. The van der Waals surface area contributed by atoms with Crippen molar-refractivity contribution in [2.75, 3.05) is 6.61 Å². The quantitative estimate of drug-likeness (QED) is 0.239. The normalized spacial score (nSPS) is 53.7. The number of aliphatic hydroxyl groups excluding tert-OH is 3. The first kappa shape index (κ1) is 24.3. The fourth-order valence-corrected chi connectivity index (χ4v) is 7.00. The SMILES string of the molecule is CC1=C2[C@@H](O)C(=O)[C@@]3(C)[C@H]([C@H](C)[C@](O)(C[C@@H]1O)C2(C)C)[C@]1(O)CO[C@@H]1C[C@@H]3O.[Ac]. The number of hydrogen-bond donors (Lipinski definition) is 5. The summed E-state index contributed by atoms with van der Waals surface area (Å²) in [6.45, 7) is 8.58. The van der Waals surface area contributed by atoms with Gasteiger partial charge >= 0.3 is 0 Å². The minimum absolute atomic E-state index is 0. The number of ether oxygens (including phenoxy) is 1. The Bertz CT molecular complexity index is 766. The number of carbonyl (C=O) groups excluding carboxylic acids is 1. The molecule has 3 fully saturated rings. The van der Waals surface area contributed by atoms with Crippen LogP contribution >= 0.6 is 0 Å². The van der Waals surface area contributed by atoms with Crippen LogP contribution < -0.4 is 0 Å². The van der Waals surface area contributed by atoms with Crippen molar-refractivity contribution in [1.29, 1.82) is 0 Å². The van der Waals surface area contributed by atoms with Crippen LogP contribution in [0.25, 0.3) is 0 Å². The second kappa shape index (κ2) is 7.05. The molecule has 3 aliphatic carbocycles. The Morgan fingerprint density at radius 3 is 2.21 bits per heavy atom. The summed E-state index contributed by atoms with van der Waals surface area (Å²) in [4.78, 5) is 13.6. The number of fused-ring (bicyclic) bond motifs is 5. The van der Waals surface area contributed by atoms with Gasteiger partial charge in [0.1, 0.15) is 11.7 Å². The molecule has 2 bridgehead atoms. The molecule has 0 spiro atoms. The summed E-state index contributed by atoms with van der Waals surface area (Å²) in [6, 6.07) is 0. The summed E-state index contributed by atoms with van der Waals surface area (Å²) in [5, 5.41) is 56.1. The van der Waals surface area contributed by atoms with Crippen molar-refractivity contribution in [3.05, 3.63) is 11.1 Å². The fraction of sp³-hybridized carbons (Fsp3) is 0.857. The molecule has 1 heterocycles. The van der Waals surface area contributed by atoms with Crippen LogP contribution in [0.3, 0.4) is 0 Å². The Balaban J connectivity index is 0.00000240. The maximum absolute atomic E-state index is 13.6. The van der Waals surface area contributed by atoms with Crippen molar-refractivity contribution in [2.45, 2.75) is 83.1 Å². The number of carbonyl (C=O) groups is 1. The predicted molar refractivity (Wildman–Crippen MR) is 99.1 cm³/mol. The molecular weight excluding hydrogens is 591 g/mol. The van der Waals surface area contributed by atoms with E-state index in [0.717, 1.165) is 0 Å². The topological polar surface area (TPSA) is 127 Å². The van der Waals surface area contributed by atoms with Crippen molar-refractivity contribution >= 4 is 5.78 Å². The van der Waals surface area contributed by atoms with Crippen molar-refractivity contribution in [3.63, 3.8) is 0 Å². The van der Waals surface area contributed by atoms with E-state index >= 15 is 0 Å². The van der Waals surface area contributed by atoms with Crippen molar-refractivity contribution < 1.29 is 79.1 Å². The van der Waals surface area contributed by atoms with E-state index in [4.69, 9.17) is 4.74 Å². The third kappa shape index (κ3) is 2.70. The van der Waals surface area contributed by atoms with E-state index in [1.807, 2.05) is 0 Å². The van der Waals surface area contributed by atoms with Gasteiger partial charge in [0.05, 0.1) is 35.9 Å². The minimum atomic E-state index is -1.58. The zero-order valence-electron chi connectivity index (χ0n) is 17.7. The van der Waals surface area contributed by atoms with Gasteiger partial charge in [-0.05, 0) is 30.9 Å². The number of hydrogen-bond acceptors (Lipinski definition) is 7. The smallest absolute Gasteiger partial charge is 0.174 e. The van der Waals surface area contributed by atoms with Gasteiger partial charge in [-0.2, -0.15) is 0 Å². The maximum atomic E-state index is 13.6. The van der Waals surface area contributed by atoms with Crippen LogP contribution in [0, 0.1) is 66.7 Å². The van der Waals surface area contributed by atoms with Gasteiger partial charge in [-0.1, -0.05) is 20.8 Å². The Labute approximate surface area is 207 Å². The Hall–Kier alpha value is 0.612.